The Balaban J connectivity index is 1.60. The lowest BCUT2D eigenvalue weighted by molar-refractivity contribution is -0.124. The zero-order valence-corrected chi connectivity index (χ0v) is 12.9. The number of hydrogen-bond acceptors (Lipinski definition) is 2. The van der Waals surface area contributed by atoms with Crippen molar-refractivity contribution in [3.05, 3.63) is 40.9 Å². The second kappa shape index (κ2) is 3.86. The SMILES string of the molecule is O=C1[C@H]2[C@@H]3C=C[C@@H]([C@H]4C[C@H]34)[C@@H]2C(=O)N1c1cccc(Br)c1. The number of anilines is 1. The van der Waals surface area contributed by atoms with Gasteiger partial charge in [0.25, 0.3) is 0 Å². The van der Waals surface area contributed by atoms with Crippen LogP contribution >= 0.6 is 15.9 Å². The van der Waals surface area contributed by atoms with Crippen LogP contribution in [0.5, 0.6) is 0 Å². The Morgan fingerprint density at radius 3 is 2.19 bits per heavy atom. The van der Waals surface area contributed by atoms with Crippen molar-refractivity contribution in [1.29, 1.82) is 0 Å². The Kier molecular flexibility index (Phi) is 2.23. The molecule has 21 heavy (non-hydrogen) atoms. The number of imide groups is 1. The lowest BCUT2D eigenvalue weighted by Crippen LogP contribution is -2.40. The van der Waals surface area contributed by atoms with E-state index in [0.717, 1.165) is 4.47 Å². The zero-order valence-electron chi connectivity index (χ0n) is 11.3. The molecule has 0 unspecified atom stereocenters. The van der Waals surface area contributed by atoms with Crippen LogP contribution in [0.15, 0.2) is 40.9 Å². The maximum absolute atomic E-state index is 12.9. The van der Waals surface area contributed by atoms with Crippen LogP contribution in [-0.4, -0.2) is 11.8 Å². The Morgan fingerprint density at radius 2 is 1.62 bits per heavy atom. The fraction of sp³-hybridized carbons (Fsp3) is 0.412. The number of rotatable bonds is 1. The number of amides is 2. The molecule has 1 saturated heterocycles. The van der Waals surface area contributed by atoms with Gasteiger partial charge in [0.1, 0.15) is 0 Å². The van der Waals surface area contributed by atoms with Crippen LogP contribution < -0.4 is 4.90 Å². The molecule has 1 aromatic carbocycles. The normalized spacial score (nSPS) is 42.2. The van der Waals surface area contributed by atoms with E-state index in [-0.39, 0.29) is 23.7 Å². The monoisotopic (exact) mass is 343 g/mol. The van der Waals surface area contributed by atoms with Gasteiger partial charge >= 0.3 is 0 Å². The molecule has 2 saturated carbocycles. The van der Waals surface area contributed by atoms with E-state index in [2.05, 4.69) is 28.1 Å². The average molecular weight is 344 g/mol. The Morgan fingerprint density at radius 1 is 1.00 bits per heavy atom. The molecular weight excluding hydrogens is 330 g/mol. The molecule has 4 heteroatoms. The van der Waals surface area contributed by atoms with Gasteiger partial charge in [-0.05, 0) is 48.3 Å². The molecule has 6 rings (SSSR count). The summed E-state index contributed by atoms with van der Waals surface area (Å²) in [6.07, 6.45) is 5.61. The van der Waals surface area contributed by atoms with Gasteiger partial charge in [-0.3, -0.25) is 9.59 Å². The molecular formula is C17H14BrNO2. The molecule has 0 radical (unpaired) electrons. The quantitative estimate of drug-likeness (QED) is 0.580. The van der Waals surface area contributed by atoms with E-state index < -0.39 is 0 Å². The van der Waals surface area contributed by atoms with Gasteiger partial charge in [0.2, 0.25) is 11.8 Å². The summed E-state index contributed by atoms with van der Waals surface area (Å²) in [5.74, 6) is 1.67. The minimum atomic E-state index is -0.116. The molecule has 0 spiro atoms. The maximum atomic E-state index is 12.9. The van der Waals surface area contributed by atoms with Crippen LogP contribution in [0.3, 0.4) is 0 Å². The molecule has 5 aliphatic rings. The third-order valence-electron chi connectivity index (χ3n) is 5.73. The van der Waals surface area contributed by atoms with Crippen LogP contribution in [0.1, 0.15) is 6.42 Å². The van der Waals surface area contributed by atoms with Gasteiger partial charge in [-0.2, -0.15) is 0 Å². The number of hydrogen-bond donors (Lipinski definition) is 0. The van der Waals surface area contributed by atoms with E-state index in [1.54, 1.807) is 0 Å². The molecule has 0 N–H and O–H groups in total. The van der Waals surface area contributed by atoms with E-state index in [1.165, 1.54) is 11.3 Å². The highest BCUT2D eigenvalue weighted by atomic mass is 79.9. The number of carbonyl (C=O) groups excluding carboxylic acids is 2. The van der Waals surface area contributed by atoms with Crippen molar-refractivity contribution >= 4 is 33.4 Å². The Hall–Kier alpha value is -1.42. The first-order valence-electron chi connectivity index (χ1n) is 7.48. The van der Waals surface area contributed by atoms with E-state index in [1.807, 2.05) is 24.3 Å². The summed E-state index contributed by atoms with van der Waals surface area (Å²) in [6, 6.07) is 7.46. The summed E-state index contributed by atoms with van der Waals surface area (Å²) in [5, 5.41) is 0. The summed E-state index contributed by atoms with van der Waals surface area (Å²) in [5.41, 5.74) is 0.696. The van der Waals surface area contributed by atoms with E-state index >= 15 is 0 Å². The predicted octanol–water partition coefficient (Wildman–Crippen LogP) is 3.01. The van der Waals surface area contributed by atoms with Gasteiger partial charge in [-0.25, -0.2) is 4.90 Å². The van der Waals surface area contributed by atoms with Crippen molar-refractivity contribution in [3.63, 3.8) is 0 Å². The first-order valence-corrected chi connectivity index (χ1v) is 8.28. The highest BCUT2D eigenvalue weighted by Crippen LogP contribution is 2.65. The second-order valence-electron chi connectivity index (χ2n) is 6.65. The van der Waals surface area contributed by atoms with Gasteiger partial charge in [0.15, 0.2) is 0 Å². The Labute approximate surface area is 131 Å². The van der Waals surface area contributed by atoms with Crippen molar-refractivity contribution in [2.75, 3.05) is 4.90 Å². The van der Waals surface area contributed by atoms with E-state index in [0.29, 0.717) is 29.4 Å². The minimum absolute atomic E-state index is 0.00722. The molecule has 1 heterocycles. The van der Waals surface area contributed by atoms with E-state index in [4.69, 9.17) is 0 Å². The van der Waals surface area contributed by atoms with Crippen molar-refractivity contribution < 1.29 is 9.59 Å². The molecule has 2 bridgehead atoms. The highest BCUT2D eigenvalue weighted by molar-refractivity contribution is 9.10. The fourth-order valence-electron chi connectivity index (χ4n) is 4.83. The highest BCUT2D eigenvalue weighted by Gasteiger charge is 2.67. The second-order valence-corrected chi connectivity index (χ2v) is 7.56. The number of allylic oxidation sites excluding steroid dienone is 2. The van der Waals surface area contributed by atoms with Crippen LogP contribution in [0.25, 0.3) is 0 Å². The molecule has 4 aliphatic carbocycles. The van der Waals surface area contributed by atoms with Gasteiger partial charge in [-0.1, -0.05) is 34.1 Å². The van der Waals surface area contributed by atoms with Gasteiger partial charge in [-0.15, -0.1) is 0 Å². The van der Waals surface area contributed by atoms with Gasteiger partial charge in [0, 0.05) is 4.47 Å². The van der Waals surface area contributed by atoms with Crippen LogP contribution in [0, 0.1) is 35.5 Å². The largest absolute Gasteiger partial charge is 0.274 e. The summed E-state index contributed by atoms with van der Waals surface area (Å²) in [7, 11) is 0. The first-order chi connectivity index (χ1) is 10.2. The summed E-state index contributed by atoms with van der Waals surface area (Å²) < 4.78 is 0.888. The molecule has 106 valence electrons. The third kappa shape index (κ3) is 1.44. The maximum Gasteiger partial charge on any atom is 0.238 e. The van der Waals surface area contributed by atoms with Crippen molar-refractivity contribution in [2.45, 2.75) is 6.42 Å². The number of nitrogens with zero attached hydrogens (tertiary/aromatic N) is 1. The van der Waals surface area contributed by atoms with Crippen molar-refractivity contribution in [1.82, 2.24) is 0 Å². The molecule has 3 fully saturated rings. The van der Waals surface area contributed by atoms with Crippen LogP contribution in [0.4, 0.5) is 5.69 Å². The lowest BCUT2D eigenvalue weighted by Gasteiger charge is -2.37. The third-order valence-corrected chi connectivity index (χ3v) is 6.22. The van der Waals surface area contributed by atoms with E-state index in [9.17, 15) is 9.59 Å². The summed E-state index contributed by atoms with van der Waals surface area (Å²) in [4.78, 5) is 27.2. The number of halogens is 1. The minimum Gasteiger partial charge on any atom is -0.274 e. The van der Waals surface area contributed by atoms with Gasteiger partial charge < -0.3 is 0 Å². The smallest absolute Gasteiger partial charge is 0.238 e. The predicted molar refractivity (Wildman–Crippen MR) is 81.3 cm³/mol. The molecule has 1 aliphatic heterocycles. The molecule has 3 nitrogen and oxygen atoms in total. The molecule has 0 aromatic heterocycles. The van der Waals surface area contributed by atoms with Crippen molar-refractivity contribution in [3.8, 4) is 0 Å². The summed E-state index contributed by atoms with van der Waals surface area (Å²) >= 11 is 3.42. The fourth-order valence-corrected chi connectivity index (χ4v) is 5.21. The molecule has 6 atom stereocenters. The van der Waals surface area contributed by atoms with Crippen LogP contribution in [-0.2, 0) is 9.59 Å². The standard InChI is InChI=1S/C17H14BrNO2/c18-8-2-1-3-9(6-8)19-16(20)14-10-4-5-11(13-7-12(10)13)15(14)17(19)21/h1-6,10-15H,7H2/t10-,11+,12-,13-,14+,15+/m1/s1. The first kappa shape index (κ1) is 12.2. The lowest BCUT2D eigenvalue weighted by atomic mass is 9.63. The van der Waals surface area contributed by atoms with Crippen LogP contribution in [0.2, 0.25) is 0 Å². The number of carbonyl (C=O) groups is 2. The topological polar surface area (TPSA) is 37.4 Å². The average Bonchev–Trinajstić information content (AvgIpc) is 3.24. The Bertz CT molecular complexity index is 676. The molecule has 2 amide bonds. The zero-order chi connectivity index (χ0) is 14.3. The molecule has 1 aromatic rings. The van der Waals surface area contributed by atoms with Crippen molar-refractivity contribution in [2.24, 2.45) is 35.5 Å². The summed E-state index contributed by atoms with van der Waals surface area (Å²) in [6.45, 7) is 0. The number of benzene rings is 1. The van der Waals surface area contributed by atoms with Gasteiger partial charge in [0.05, 0.1) is 17.5 Å².